The fraction of sp³-hybridized carbons (Fsp3) is 0.300. The van der Waals surface area contributed by atoms with Crippen molar-refractivity contribution in [3.8, 4) is 5.75 Å². The van der Waals surface area contributed by atoms with E-state index in [1.165, 1.54) is 27.8 Å². The van der Waals surface area contributed by atoms with Crippen molar-refractivity contribution in [2.75, 3.05) is 12.9 Å². The summed E-state index contributed by atoms with van der Waals surface area (Å²) in [4.78, 5) is 39.3. The van der Waals surface area contributed by atoms with Crippen LogP contribution in [0.15, 0.2) is 54.0 Å². The Balaban J connectivity index is 1.53. The standard InChI is InChI=1S/C20H20N6O5S/c1-30-15-6-4-13(5-7-15)9-31-20(29)17-14(3-2-8-25-23-11-22-24-25)10-32-19-16(21-12-27)18(28)26(17)19/h2-7,11-12,16,19H,8-10H2,1H3,(H,21,27)/t16?,19-/m1/s1. The van der Waals surface area contributed by atoms with E-state index in [0.717, 1.165) is 5.56 Å². The first-order valence-corrected chi connectivity index (χ1v) is 10.7. The van der Waals surface area contributed by atoms with Crippen LogP contribution in [0.25, 0.3) is 0 Å². The van der Waals surface area contributed by atoms with Crippen molar-refractivity contribution in [2.45, 2.75) is 24.6 Å². The summed E-state index contributed by atoms with van der Waals surface area (Å²) < 4.78 is 10.6. The summed E-state index contributed by atoms with van der Waals surface area (Å²) in [6.07, 6.45) is 5.35. The van der Waals surface area contributed by atoms with E-state index in [-0.39, 0.29) is 23.6 Å². The van der Waals surface area contributed by atoms with Crippen molar-refractivity contribution in [3.63, 3.8) is 0 Å². The molecule has 1 N–H and O–H groups in total. The number of thioether (sulfide) groups is 1. The third-order valence-electron chi connectivity index (χ3n) is 4.95. The minimum Gasteiger partial charge on any atom is -0.497 e. The molecule has 0 spiro atoms. The second kappa shape index (κ2) is 9.64. The molecule has 11 nitrogen and oxygen atoms in total. The molecule has 1 fully saturated rings. The van der Waals surface area contributed by atoms with Crippen molar-refractivity contribution in [3.05, 3.63) is 59.6 Å². The molecule has 166 valence electrons. The van der Waals surface area contributed by atoms with E-state index in [2.05, 4.69) is 20.7 Å². The minimum absolute atomic E-state index is 0.0437. The zero-order valence-electron chi connectivity index (χ0n) is 17.1. The molecule has 2 aliphatic heterocycles. The second-order valence-corrected chi connectivity index (χ2v) is 7.97. The van der Waals surface area contributed by atoms with Crippen molar-refractivity contribution in [1.29, 1.82) is 0 Å². The quantitative estimate of drug-likeness (QED) is 0.321. The van der Waals surface area contributed by atoms with E-state index >= 15 is 0 Å². The van der Waals surface area contributed by atoms with E-state index in [9.17, 15) is 14.4 Å². The fourth-order valence-corrected chi connectivity index (χ4v) is 4.68. The van der Waals surface area contributed by atoms with E-state index in [1.807, 2.05) is 0 Å². The number of nitrogens with one attached hydrogen (secondary N) is 1. The average Bonchev–Trinajstić information content (AvgIpc) is 3.34. The van der Waals surface area contributed by atoms with Crippen LogP contribution in [-0.2, 0) is 32.3 Å². The largest absolute Gasteiger partial charge is 0.497 e. The number of β-lactam (4-membered cyclic amide) rings is 1. The molecule has 1 saturated heterocycles. The number of amides is 2. The van der Waals surface area contributed by atoms with Gasteiger partial charge >= 0.3 is 5.97 Å². The van der Waals surface area contributed by atoms with E-state index in [0.29, 0.717) is 30.0 Å². The third-order valence-corrected chi connectivity index (χ3v) is 6.25. The lowest BCUT2D eigenvalue weighted by Crippen LogP contribution is -2.69. The maximum Gasteiger partial charge on any atom is 0.355 e. The Morgan fingerprint density at radius 2 is 2.16 bits per heavy atom. The number of methoxy groups -OCH3 is 1. The highest BCUT2D eigenvalue weighted by Gasteiger charge is 2.53. The van der Waals surface area contributed by atoms with E-state index in [4.69, 9.17) is 9.47 Å². The molecule has 0 saturated carbocycles. The predicted molar refractivity (Wildman–Crippen MR) is 113 cm³/mol. The normalized spacial score (nSPS) is 20.0. The maximum atomic E-state index is 13.0. The fourth-order valence-electron chi connectivity index (χ4n) is 3.35. The van der Waals surface area contributed by atoms with Gasteiger partial charge in [0.25, 0.3) is 5.91 Å². The first-order chi connectivity index (χ1) is 15.6. The monoisotopic (exact) mass is 456 g/mol. The number of nitrogens with zero attached hydrogens (tertiary/aromatic N) is 5. The van der Waals surface area contributed by atoms with Crippen molar-refractivity contribution >= 4 is 30.0 Å². The molecule has 2 aliphatic rings. The third kappa shape index (κ3) is 4.35. The topological polar surface area (TPSA) is 129 Å². The summed E-state index contributed by atoms with van der Waals surface area (Å²) in [5.41, 5.74) is 1.61. The molecule has 3 heterocycles. The zero-order valence-corrected chi connectivity index (χ0v) is 17.9. The van der Waals surface area contributed by atoms with Crippen LogP contribution in [-0.4, -0.2) is 67.7 Å². The Bertz CT molecular complexity index is 1050. The number of carbonyl (C=O) groups excluding carboxylic acids is 3. The first-order valence-electron chi connectivity index (χ1n) is 9.67. The van der Waals surface area contributed by atoms with E-state index < -0.39 is 12.0 Å². The summed E-state index contributed by atoms with van der Waals surface area (Å²) in [6, 6.07) is 6.48. The van der Waals surface area contributed by atoms with Gasteiger partial charge < -0.3 is 14.8 Å². The Hall–Kier alpha value is -3.67. The summed E-state index contributed by atoms with van der Waals surface area (Å²) in [6.45, 7) is 0.400. The summed E-state index contributed by atoms with van der Waals surface area (Å²) in [5, 5.41) is 13.5. The number of hydrogen-bond acceptors (Lipinski definition) is 9. The van der Waals surface area contributed by atoms with Gasteiger partial charge in [-0.15, -0.1) is 22.0 Å². The SMILES string of the molecule is COc1ccc(COC(=O)C2=C(C=CCn3ncnn3)CS[C@@H]3C(NC=O)C(=O)N23)cc1. The molecule has 1 aromatic heterocycles. The smallest absolute Gasteiger partial charge is 0.355 e. The van der Waals surface area contributed by atoms with Gasteiger partial charge in [-0.1, -0.05) is 24.3 Å². The van der Waals surface area contributed by atoms with Crippen LogP contribution in [0.1, 0.15) is 5.56 Å². The summed E-state index contributed by atoms with van der Waals surface area (Å²) in [7, 11) is 1.57. The molecule has 0 radical (unpaired) electrons. The number of benzene rings is 1. The van der Waals surface area contributed by atoms with E-state index in [1.54, 1.807) is 43.5 Å². The van der Waals surface area contributed by atoms with Gasteiger partial charge in [-0.3, -0.25) is 14.5 Å². The van der Waals surface area contributed by atoms with Crippen molar-refractivity contribution in [2.24, 2.45) is 0 Å². The Morgan fingerprint density at radius 3 is 2.84 bits per heavy atom. The van der Waals surface area contributed by atoms with Crippen LogP contribution in [0.4, 0.5) is 0 Å². The Labute approximate surface area is 187 Å². The number of aromatic nitrogens is 4. The molecule has 12 heteroatoms. The molecule has 2 atom stereocenters. The van der Waals surface area contributed by atoms with Gasteiger partial charge in [-0.2, -0.15) is 4.80 Å². The number of rotatable bonds is 9. The van der Waals surface area contributed by atoms with Crippen molar-refractivity contribution < 1.29 is 23.9 Å². The zero-order chi connectivity index (χ0) is 22.5. The molecule has 1 unspecified atom stereocenters. The van der Waals surface area contributed by atoms with Gasteiger partial charge in [0.05, 0.1) is 13.7 Å². The molecular weight excluding hydrogens is 436 g/mol. The molecule has 32 heavy (non-hydrogen) atoms. The van der Waals surface area contributed by atoms with Gasteiger partial charge in [0, 0.05) is 5.75 Å². The van der Waals surface area contributed by atoms with Crippen molar-refractivity contribution in [1.82, 2.24) is 30.4 Å². The van der Waals surface area contributed by atoms with Gasteiger partial charge in [0.1, 0.15) is 29.5 Å². The van der Waals surface area contributed by atoms with Crippen LogP contribution in [0.5, 0.6) is 5.75 Å². The van der Waals surface area contributed by atoms with Crippen LogP contribution in [0.3, 0.4) is 0 Å². The predicted octanol–water partition coefficient (Wildman–Crippen LogP) is 0.265. The lowest BCUT2D eigenvalue weighted by Gasteiger charge is -2.49. The highest BCUT2D eigenvalue weighted by atomic mass is 32.2. The molecule has 0 aliphatic carbocycles. The van der Waals surface area contributed by atoms with Crippen LogP contribution in [0.2, 0.25) is 0 Å². The second-order valence-electron chi connectivity index (χ2n) is 6.86. The Kier molecular flexibility index (Phi) is 6.50. The van der Waals surface area contributed by atoms with Gasteiger partial charge in [-0.25, -0.2) is 4.79 Å². The molecule has 0 bridgehead atoms. The number of esters is 1. The summed E-state index contributed by atoms with van der Waals surface area (Å²) in [5.74, 6) is 0.209. The lowest BCUT2D eigenvalue weighted by molar-refractivity contribution is -0.152. The minimum atomic E-state index is -0.660. The number of allylic oxidation sites excluding steroid dienone is 2. The highest BCUT2D eigenvalue weighted by Crippen LogP contribution is 2.41. The van der Waals surface area contributed by atoms with Crippen LogP contribution < -0.4 is 10.1 Å². The maximum absolute atomic E-state index is 13.0. The number of carbonyl (C=O) groups is 3. The molecule has 4 rings (SSSR count). The molecule has 2 amide bonds. The average molecular weight is 456 g/mol. The summed E-state index contributed by atoms with van der Waals surface area (Å²) >= 11 is 1.46. The lowest BCUT2D eigenvalue weighted by atomic mass is 10.0. The molecular formula is C20H20N6O5S. The number of fused-ring (bicyclic) bond motifs is 1. The van der Waals surface area contributed by atoms with Gasteiger partial charge in [0.15, 0.2) is 6.33 Å². The molecule has 1 aromatic carbocycles. The number of hydrogen-bond donors (Lipinski definition) is 1. The first kappa shape index (κ1) is 21.6. The number of tetrazole rings is 1. The molecule has 2 aromatic rings. The van der Waals surface area contributed by atoms with Gasteiger partial charge in [0.2, 0.25) is 6.41 Å². The highest BCUT2D eigenvalue weighted by molar-refractivity contribution is 8.00. The number of ether oxygens (including phenoxy) is 2. The van der Waals surface area contributed by atoms with Gasteiger partial charge in [-0.05, 0) is 28.5 Å². The van der Waals surface area contributed by atoms with Crippen LogP contribution >= 0.6 is 11.8 Å². The van der Waals surface area contributed by atoms with Crippen LogP contribution in [0, 0.1) is 0 Å². The Morgan fingerprint density at radius 1 is 1.34 bits per heavy atom.